The lowest BCUT2D eigenvalue weighted by Crippen LogP contribution is -2.10. The van der Waals surface area contributed by atoms with Gasteiger partial charge in [-0.1, -0.05) is 11.6 Å². The molecule has 1 unspecified atom stereocenters. The Morgan fingerprint density at radius 3 is 2.92 bits per heavy atom. The van der Waals surface area contributed by atoms with E-state index in [2.05, 4.69) is 4.98 Å². The molecule has 4 N–H and O–H groups in total. The lowest BCUT2D eigenvalue weighted by Gasteiger charge is -2.07. The van der Waals surface area contributed by atoms with Gasteiger partial charge in [0.05, 0.1) is 18.2 Å². The second kappa shape index (κ2) is 4.08. The summed E-state index contributed by atoms with van der Waals surface area (Å²) in [6.07, 6.45) is 1.77. The number of halogens is 1. The molecule has 0 aliphatic rings. The zero-order valence-electron chi connectivity index (χ0n) is 6.87. The van der Waals surface area contributed by atoms with Gasteiger partial charge in [0, 0.05) is 12.2 Å². The molecule has 0 saturated heterocycles. The molecular weight excluding hydrogens is 188 g/mol. The summed E-state index contributed by atoms with van der Waals surface area (Å²) in [6.45, 7) is 0. The first-order chi connectivity index (χ1) is 6.15. The highest BCUT2D eigenvalue weighted by Crippen LogP contribution is 2.20. The predicted molar refractivity (Wildman–Crippen MR) is 50.8 cm³/mol. The van der Waals surface area contributed by atoms with Gasteiger partial charge in [0.1, 0.15) is 0 Å². The van der Waals surface area contributed by atoms with Gasteiger partial charge in [0.25, 0.3) is 0 Å². The van der Waals surface area contributed by atoms with Gasteiger partial charge in [0.15, 0.2) is 5.15 Å². The lowest BCUT2D eigenvalue weighted by molar-refractivity contribution is 0.744. The highest BCUT2D eigenvalue weighted by atomic mass is 35.5. The molecule has 1 atom stereocenters. The molecule has 13 heavy (non-hydrogen) atoms. The molecule has 0 aliphatic heterocycles. The molecule has 0 spiro atoms. The van der Waals surface area contributed by atoms with Crippen LogP contribution in [0.1, 0.15) is 18.0 Å². The number of pyridine rings is 1. The van der Waals surface area contributed by atoms with Gasteiger partial charge < -0.3 is 11.5 Å². The van der Waals surface area contributed by atoms with E-state index in [0.717, 1.165) is 5.56 Å². The van der Waals surface area contributed by atoms with Crippen LogP contribution in [0.3, 0.4) is 0 Å². The number of anilines is 1. The second-order valence-corrected chi connectivity index (χ2v) is 2.98. The highest BCUT2D eigenvalue weighted by Gasteiger charge is 2.07. The first kappa shape index (κ1) is 9.78. The Labute approximate surface area is 81.1 Å². The van der Waals surface area contributed by atoms with Gasteiger partial charge >= 0.3 is 0 Å². The van der Waals surface area contributed by atoms with Crippen molar-refractivity contribution >= 4 is 17.3 Å². The Balaban J connectivity index is 2.91. The van der Waals surface area contributed by atoms with Crippen molar-refractivity contribution in [2.45, 2.75) is 12.5 Å². The van der Waals surface area contributed by atoms with Crippen molar-refractivity contribution in [3.8, 4) is 6.07 Å². The third-order valence-corrected chi connectivity index (χ3v) is 1.94. The Bertz CT molecular complexity index is 344. The topological polar surface area (TPSA) is 88.7 Å². The van der Waals surface area contributed by atoms with E-state index in [1.807, 2.05) is 6.07 Å². The number of nitrogens with two attached hydrogens (primary N) is 2. The third-order valence-electron chi connectivity index (χ3n) is 1.63. The average molecular weight is 197 g/mol. The molecule has 1 rings (SSSR count). The molecule has 0 fully saturated rings. The quantitative estimate of drug-likeness (QED) is 0.697. The molecule has 4 nitrogen and oxygen atoms in total. The lowest BCUT2D eigenvalue weighted by atomic mass is 10.1. The Morgan fingerprint density at radius 1 is 1.69 bits per heavy atom. The molecule has 1 heterocycles. The molecule has 5 heteroatoms. The van der Waals surface area contributed by atoms with Crippen LogP contribution in [0.25, 0.3) is 0 Å². The standard InChI is InChI=1S/C8H9ClN4/c9-8-7(12)3-5(4-13-8)6(11)1-2-10/h3-4,6H,1,11-12H2. The minimum absolute atomic E-state index is 0.239. The Kier molecular flexibility index (Phi) is 3.07. The summed E-state index contributed by atoms with van der Waals surface area (Å²) < 4.78 is 0. The average Bonchev–Trinajstić information content (AvgIpc) is 2.10. The van der Waals surface area contributed by atoms with E-state index in [1.165, 1.54) is 6.20 Å². The number of hydrogen-bond donors (Lipinski definition) is 2. The zero-order valence-corrected chi connectivity index (χ0v) is 7.62. The van der Waals surface area contributed by atoms with Crippen molar-refractivity contribution in [1.82, 2.24) is 4.98 Å². The van der Waals surface area contributed by atoms with Crippen LogP contribution < -0.4 is 11.5 Å². The molecule has 0 bridgehead atoms. The fraction of sp³-hybridized carbons (Fsp3) is 0.250. The summed E-state index contributed by atoms with van der Waals surface area (Å²) in [5.74, 6) is 0. The van der Waals surface area contributed by atoms with Gasteiger partial charge in [-0.2, -0.15) is 5.26 Å². The maximum absolute atomic E-state index is 8.41. The minimum atomic E-state index is -0.350. The SMILES string of the molecule is N#CCC(N)c1cnc(Cl)c(N)c1. The van der Waals surface area contributed by atoms with E-state index in [1.54, 1.807) is 6.07 Å². The van der Waals surface area contributed by atoms with E-state index in [-0.39, 0.29) is 17.6 Å². The molecule has 0 amide bonds. The van der Waals surface area contributed by atoms with Gasteiger partial charge in [-0.3, -0.25) is 0 Å². The number of aromatic nitrogens is 1. The van der Waals surface area contributed by atoms with Crippen molar-refractivity contribution in [2.24, 2.45) is 5.73 Å². The van der Waals surface area contributed by atoms with Crippen molar-refractivity contribution < 1.29 is 0 Å². The van der Waals surface area contributed by atoms with Crippen LogP contribution in [0.15, 0.2) is 12.3 Å². The highest BCUT2D eigenvalue weighted by molar-refractivity contribution is 6.31. The van der Waals surface area contributed by atoms with Crippen molar-refractivity contribution in [3.05, 3.63) is 23.0 Å². The minimum Gasteiger partial charge on any atom is -0.396 e. The van der Waals surface area contributed by atoms with E-state index < -0.39 is 0 Å². The summed E-state index contributed by atoms with van der Waals surface area (Å²) in [5, 5.41) is 8.67. The number of nitriles is 1. The van der Waals surface area contributed by atoms with E-state index in [4.69, 9.17) is 28.3 Å². The van der Waals surface area contributed by atoms with Crippen LogP contribution in [0.2, 0.25) is 5.15 Å². The first-order valence-electron chi connectivity index (χ1n) is 3.68. The summed E-state index contributed by atoms with van der Waals surface area (Å²) in [4.78, 5) is 3.83. The monoisotopic (exact) mass is 196 g/mol. The maximum atomic E-state index is 8.41. The Hall–Kier alpha value is -1.31. The summed E-state index contributed by atoms with van der Waals surface area (Å²) >= 11 is 5.62. The van der Waals surface area contributed by atoms with Gasteiger partial charge in [-0.15, -0.1) is 0 Å². The van der Waals surface area contributed by atoms with Crippen LogP contribution in [-0.2, 0) is 0 Å². The zero-order chi connectivity index (χ0) is 9.84. The van der Waals surface area contributed by atoms with Crippen LogP contribution in [0.5, 0.6) is 0 Å². The van der Waals surface area contributed by atoms with Crippen LogP contribution in [0.4, 0.5) is 5.69 Å². The third kappa shape index (κ3) is 2.31. The van der Waals surface area contributed by atoms with Gasteiger partial charge in [0.2, 0.25) is 0 Å². The summed E-state index contributed by atoms with van der Waals surface area (Å²) in [6, 6.07) is 3.26. The molecule has 1 aromatic heterocycles. The Morgan fingerprint density at radius 2 is 2.38 bits per heavy atom. The molecule has 68 valence electrons. The normalized spacial score (nSPS) is 12.1. The van der Waals surface area contributed by atoms with Crippen LogP contribution in [0, 0.1) is 11.3 Å². The summed E-state index contributed by atoms with van der Waals surface area (Å²) in [7, 11) is 0. The summed E-state index contributed by atoms with van der Waals surface area (Å²) in [5.41, 5.74) is 12.3. The van der Waals surface area contributed by atoms with E-state index in [0.29, 0.717) is 5.69 Å². The number of rotatable bonds is 2. The van der Waals surface area contributed by atoms with E-state index in [9.17, 15) is 0 Å². The second-order valence-electron chi connectivity index (χ2n) is 2.62. The molecule has 1 aromatic rings. The van der Waals surface area contributed by atoms with Crippen molar-refractivity contribution in [1.29, 1.82) is 5.26 Å². The largest absolute Gasteiger partial charge is 0.396 e. The molecular formula is C8H9ClN4. The molecule has 0 saturated carbocycles. The van der Waals surface area contributed by atoms with Crippen LogP contribution in [-0.4, -0.2) is 4.98 Å². The number of hydrogen-bond acceptors (Lipinski definition) is 4. The van der Waals surface area contributed by atoms with Gasteiger partial charge in [-0.25, -0.2) is 4.98 Å². The number of nitrogen functional groups attached to an aromatic ring is 1. The first-order valence-corrected chi connectivity index (χ1v) is 4.06. The number of nitrogens with zero attached hydrogens (tertiary/aromatic N) is 2. The van der Waals surface area contributed by atoms with Crippen molar-refractivity contribution in [2.75, 3.05) is 5.73 Å². The molecule has 0 aliphatic carbocycles. The predicted octanol–water partition coefficient (Wildman–Crippen LogP) is 1.23. The fourth-order valence-electron chi connectivity index (χ4n) is 0.901. The van der Waals surface area contributed by atoms with Crippen LogP contribution >= 0.6 is 11.6 Å². The molecule has 0 radical (unpaired) electrons. The smallest absolute Gasteiger partial charge is 0.151 e. The maximum Gasteiger partial charge on any atom is 0.151 e. The fourth-order valence-corrected chi connectivity index (χ4v) is 1.00. The van der Waals surface area contributed by atoms with Crippen molar-refractivity contribution in [3.63, 3.8) is 0 Å². The van der Waals surface area contributed by atoms with E-state index >= 15 is 0 Å². The molecule has 0 aromatic carbocycles. The van der Waals surface area contributed by atoms with Gasteiger partial charge in [-0.05, 0) is 11.6 Å².